The molecule has 0 aliphatic carbocycles. The molecule has 0 saturated carbocycles. The molecule has 0 saturated heterocycles. The van der Waals surface area contributed by atoms with Crippen LogP contribution >= 0.6 is 7.82 Å². The average molecular weight is 798 g/mol. The predicted molar refractivity (Wildman–Crippen MR) is 212 cm³/mol. The van der Waals surface area contributed by atoms with Gasteiger partial charge < -0.3 is 55.3 Å². The molecule has 3 aromatic heterocycles. The molecule has 3 aromatic carbocycles. The number of nitrogens with two attached hydrogens (primary N) is 2. The average Bonchev–Trinajstić information content (AvgIpc) is 3.98. The monoisotopic (exact) mass is 797 g/mol. The number of aromatic amines is 1. The van der Waals surface area contributed by atoms with Crippen LogP contribution < -0.4 is 26.8 Å². The Morgan fingerprint density at radius 2 is 1.70 bits per heavy atom. The number of H-pyrrole nitrogens is 1. The van der Waals surface area contributed by atoms with Crippen molar-refractivity contribution in [2.45, 2.75) is 70.7 Å². The van der Waals surface area contributed by atoms with Gasteiger partial charge in [-0.3, -0.25) is 9.59 Å². The quantitative estimate of drug-likeness (QED) is 0.0783. The molecule has 6 aromatic rings. The maximum Gasteiger partial charge on any atom is 0.466 e. The first kappa shape index (κ1) is 39.5. The fourth-order valence-corrected chi connectivity index (χ4v) is 7.60. The fourth-order valence-electron chi connectivity index (χ4n) is 7.60. The second-order valence-electron chi connectivity index (χ2n) is 14.6. The van der Waals surface area contributed by atoms with Gasteiger partial charge in [0.2, 0.25) is 24.1 Å². The van der Waals surface area contributed by atoms with E-state index in [1.165, 1.54) is 6.42 Å². The molecule has 10 rings (SSSR count). The number of nitrogens with zero attached hydrogens (tertiary/aromatic N) is 2. The van der Waals surface area contributed by atoms with Crippen molar-refractivity contribution < 1.29 is 42.4 Å². The highest BCUT2D eigenvalue weighted by Crippen LogP contribution is 2.61. The molecular formula is C40H44N7O9P. The van der Waals surface area contributed by atoms with Gasteiger partial charge in [0, 0.05) is 57.5 Å². The molecule has 10 bridgehead atoms. The Kier molecular flexibility index (Phi) is 10.6. The summed E-state index contributed by atoms with van der Waals surface area (Å²) in [6, 6.07) is 17.6. The van der Waals surface area contributed by atoms with Crippen molar-refractivity contribution in [3.63, 3.8) is 0 Å². The van der Waals surface area contributed by atoms with Gasteiger partial charge >= 0.3 is 7.82 Å². The van der Waals surface area contributed by atoms with Crippen LogP contribution in [-0.2, 0) is 26.0 Å². The molecular weight excluding hydrogens is 753 g/mol. The Balaban J connectivity index is 0.000000336. The first-order valence-electron chi connectivity index (χ1n) is 18.5. The van der Waals surface area contributed by atoms with Gasteiger partial charge in [-0.1, -0.05) is 69.7 Å². The number of oxazole rings is 2. The summed E-state index contributed by atoms with van der Waals surface area (Å²) in [7, 11) is -4.64. The Morgan fingerprint density at radius 1 is 1.00 bits per heavy atom. The van der Waals surface area contributed by atoms with Crippen LogP contribution in [0.1, 0.15) is 74.9 Å². The molecule has 16 nitrogen and oxygen atoms in total. The van der Waals surface area contributed by atoms with Gasteiger partial charge in [0.15, 0.2) is 23.4 Å². The maximum atomic E-state index is 13.1. The van der Waals surface area contributed by atoms with Crippen molar-refractivity contribution >= 4 is 36.7 Å². The third-order valence-electron chi connectivity index (χ3n) is 10.4. The molecule has 57 heavy (non-hydrogen) atoms. The summed E-state index contributed by atoms with van der Waals surface area (Å²) in [6.45, 7) is 8.48. The number of anilines is 1. The van der Waals surface area contributed by atoms with E-state index in [2.05, 4.69) is 84.6 Å². The van der Waals surface area contributed by atoms with Gasteiger partial charge in [-0.05, 0) is 42.5 Å². The van der Waals surface area contributed by atoms with Gasteiger partial charge in [0.1, 0.15) is 17.2 Å². The smallest absolute Gasteiger partial charge is 0.466 e. The summed E-state index contributed by atoms with van der Waals surface area (Å²) in [5.74, 6) is 3.23. The van der Waals surface area contributed by atoms with E-state index >= 15 is 0 Å². The standard InChI is InChI=1S/C34H26N6O4.C5H12.CH3NO.H3O4P/c1-15(35)27-32-39-29-30(44-32)34-20-6-2-5-18(17-4-3-7-22-26(17)19(13-36-22)24-14-37-31(29)42-24)28(20)40-33(34)43-23-10-8-16(12-21(23)34)9-11-25(41)38-27;1-4-5(2)3;2-1-3;1-5(2,3)4/h2-8,10,12-15,27,33,36,40H,9,11,35H2,1H3,(H,38,41);5H,4H2,1-3H3;1H,(H2,2,3);(H3,1,2,3,4). The summed E-state index contributed by atoms with van der Waals surface area (Å²) < 4.78 is 29.0. The van der Waals surface area contributed by atoms with Crippen molar-refractivity contribution in [1.29, 1.82) is 0 Å². The van der Waals surface area contributed by atoms with Crippen LogP contribution in [0.3, 0.4) is 0 Å². The summed E-state index contributed by atoms with van der Waals surface area (Å²) in [4.78, 5) is 56.5. The van der Waals surface area contributed by atoms with Crippen molar-refractivity contribution in [1.82, 2.24) is 20.3 Å². The number of amides is 2. The number of nitrogens with one attached hydrogen (secondary N) is 3. The lowest BCUT2D eigenvalue weighted by Crippen LogP contribution is -2.40. The molecule has 7 heterocycles. The normalized spacial score (nSPS) is 19.6. The zero-order valence-electron chi connectivity index (χ0n) is 31.6. The lowest BCUT2D eigenvalue weighted by atomic mass is 9.72. The zero-order valence-corrected chi connectivity index (χ0v) is 32.5. The van der Waals surface area contributed by atoms with Crippen LogP contribution in [-0.4, -0.2) is 54.2 Å². The summed E-state index contributed by atoms with van der Waals surface area (Å²) in [6.07, 6.45) is 5.54. The Morgan fingerprint density at radius 3 is 2.40 bits per heavy atom. The molecule has 4 atom stereocenters. The van der Waals surface area contributed by atoms with Gasteiger partial charge in [0.25, 0.3) is 0 Å². The van der Waals surface area contributed by atoms with Crippen LogP contribution in [0.25, 0.3) is 44.9 Å². The van der Waals surface area contributed by atoms with E-state index in [9.17, 15) is 4.79 Å². The second-order valence-corrected chi connectivity index (χ2v) is 15.6. The summed E-state index contributed by atoms with van der Waals surface area (Å²) in [5, 5.41) is 7.87. The number of hydrogen-bond donors (Lipinski definition) is 8. The van der Waals surface area contributed by atoms with Crippen molar-refractivity contribution in [3.8, 4) is 39.8 Å². The molecule has 4 unspecified atom stereocenters. The van der Waals surface area contributed by atoms with E-state index < -0.39 is 31.5 Å². The molecule has 298 valence electrons. The number of phosphoric acid groups is 1. The van der Waals surface area contributed by atoms with Gasteiger partial charge in [-0.25, -0.2) is 14.5 Å². The van der Waals surface area contributed by atoms with Crippen LogP contribution in [0, 0.1) is 5.92 Å². The predicted octanol–water partition coefficient (Wildman–Crippen LogP) is 5.61. The number of fused-ring (bicyclic) bond motifs is 7. The molecule has 4 aliphatic heterocycles. The largest absolute Gasteiger partial charge is 0.469 e. The molecule has 0 fully saturated rings. The maximum absolute atomic E-state index is 13.1. The number of primary amides is 1. The van der Waals surface area contributed by atoms with Crippen molar-refractivity contribution in [2.24, 2.45) is 17.4 Å². The highest BCUT2D eigenvalue weighted by Gasteiger charge is 2.61. The number of hydrogen-bond acceptors (Lipinski definition) is 10. The fraction of sp³-hybridized carbons (Fsp3) is 0.300. The molecule has 1 spiro atoms. The van der Waals surface area contributed by atoms with E-state index in [1.54, 1.807) is 6.20 Å². The topological polar surface area (TPSA) is 265 Å². The molecule has 0 radical (unpaired) electrons. The molecule has 10 N–H and O–H groups in total. The van der Waals surface area contributed by atoms with Gasteiger partial charge in [-0.2, -0.15) is 0 Å². The highest BCUT2D eigenvalue weighted by molar-refractivity contribution is 7.45. The van der Waals surface area contributed by atoms with Crippen molar-refractivity contribution in [3.05, 3.63) is 95.3 Å². The minimum absolute atomic E-state index is 0.130. The van der Waals surface area contributed by atoms with Crippen molar-refractivity contribution in [2.75, 3.05) is 5.32 Å². The summed E-state index contributed by atoms with van der Waals surface area (Å²) >= 11 is 0. The number of aromatic nitrogens is 3. The lowest BCUT2D eigenvalue weighted by molar-refractivity contribution is -0.122. The third kappa shape index (κ3) is 7.11. The Labute approximate surface area is 327 Å². The highest BCUT2D eigenvalue weighted by atomic mass is 31.2. The third-order valence-corrected chi connectivity index (χ3v) is 10.4. The van der Waals surface area contributed by atoms with Crippen LogP contribution in [0.2, 0.25) is 0 Å². The molecule has 2 amide bonds. The van der Waals surface area contributed by atoms with Crippen LogP contribution in [0.5, 0.6) is 5.75 Å². The first-order valence-corrected chi connectivity index (χ1v) is 20.0. The Hall–Kier alpha value is -5.77. The van der Waals surface area contributed by atoms with E-state index in [1.807, 2.05) is 25.3 Å². The van der Waals surface area contributed by atoms with E-state index in [0.717, 1.165) is 61.6 Å². The number of para-hydroxylation sites is 1. The molecule has 4 aliphatic rings. The number of ether oxygens (including phenoxy) is 1. The number of rotatable bonds is 2. The minimum atomic E-state index is -4.64. The number of carbonyl (C=O) groups is 2. The van der Waals surface area contributed by atoms with Crippen LogP contribution in [0.4, 0.5) is 5.69 Å². The lowest BCUT2D eigenvalue weighted by Gasteiger charge is -2.28. The van der Waals surface area contributed by atoms with E-state index in [-0.39, 0.29) is 12.3 Å². The summed E-state index contributed by atoms with van der Waals surface area (Å²) in [5.41, 5.74) is 18.0. The second kappa shape index (κ2) is 15.3. The van der Waals surface area contributed by atoms with Crippen LogP contribution in [0.15, 0.2) is 75.8 Å². The van der Waals surface area contributed by atoms with E-state index in [0.29, 0.717) is 41.8 Å². The zero-order chi connectivity index (χ0) is 40.8. The number of aryl methyl sites for hydroxylation is 1. The SMILES string of the molecule is CC(N)C1NC(=O)CCc2ccc3c(c2)C24c5cccc(c5NC2O3)-c2cccc3[nH]cc(c23)-c2cnc(o2)-c2nc1oc24.CCC(C)C.NC=O.O=P(O)(O)O. The minimum Gasteiger partial charge on any atom is -0.469 e. The number of benzene rings is 3. The number of carbonyl (C=O) groups excluding carboxylic acids is 2. The molecule has 17 heteroatoms. The van der Waals surface area contributed by atoms with Gasteiger partial charge in [0.05, 0.1) is 6.20 Å². The van der Waals surface area contributed by atoms with E-state index in [4.69, 9.17) is 53.3 Å². The Bertz CT molecular complexity index is 2510. The first-order chi connectivity index (χ1) is 27.2. The van der Waals surface area contributed by atoms with Gasteiger partial charge in [-0.15, -0.1) is 0 Å².